The second kappa shape index (κ2) is 8.97. The third-order valence-electron chi connectivity index (χ3n) is 3.75. The lowest BCUT2D eigenvalue weighted by Gasteiger charge is -2.18. The van der Waals surface area contributed by atoms with E-state index in [0.717, 1.165) is 38.2 Å². The zero-order valence-corrected chi connectivity index (χ0v) is 14.1. The first kappa shape index (κ1) is 17.1. The first-order chi connectivity index (χ1) is 11.2. The predicted octanol–water partition coefficient (Wildman–Crippen LogP) is 3.64. The molecule has 0 N–H and O–H groups in total. The lowest BCUT2D eigenvalue weighted by atomic mass is 10.2. The van der Waals surface area contributed by atoms with Gasteiger partial charge in [-0.15, -0.1) is 6.58 Å². The van der Waals surface area contributed by atoms with Crippen LogP contribution in [0.25, 0.3) is 0 Å². The van der Waals surface area contributed by atoms with Crippen molar-refractivity contribution < 1.29 is 0 Å². The molecule has 0 unspecified atom stereocenters. The van der Waals surface area contributed by atoms with E-state index in [4.69, 9.17) is 0 Å². The molecule has 23 heavy (non-hydrogen) atoms. The van der Waals surface area contributed by atoms with Crippen molar-refractivity contribution in [3.63, 3.8) is 0 Å². The average Bonchev–Trinajstić information content (AvgIpc) is 2.90. The average molecular weight is 307 g/mol. The minimum absolute atomic E-state index is 0.757. The smallest absolute Gasteiger partial charge is 0.0608 e. The highest BCUT2D eigenvalue weighted by atomic mass is 15.3. The Morgan fingerprint density at radius 3 is 2.78 bits per heavy atom. The van der Waals surface area contributed by atoms with Crippen LogP contribution in [0.15, 0.2) is 49.2 Å². The molecule has 1 aromatic carbocycles. The Hall–Kier alpha value is -2.31. The van der Waals surface area contributed by atoms with Gasteiger partial charge in [0, 0.05) is 23.4 Å². The molecule has 0 amide bonds. The van der Waals surface area contributed by atoms with Gasteiger partial charge in [-0.3, -0.25) is 9.58 Å². The van der Waals surface area contributed by atoms with Crippen LogP contribution in [0.4, 0.5) is 0 Å². The Balaban J connectivity index is 2.01. The number of hydrogen-bond donors (Lipinski definition) is 0. The van der Waals surface area contributed by atoms with Crippen molar-refractivity contribution in [2.45, 2.75) is 33.4 Å². The Kier molecular flexibility index (Phi) is 6.65. The minimum Gasteiger partial charge on any atom is -0.288 e. The molecule has 0 bridgehead atoms. The molecule has 0 saturated carbocycles. The summed E-state index contributed by atoms with van der Waals surface area (Å²) in [4.78, 5) is 2.37. The fourth-order valence-electron chi connectivity index (χ4n) is 2.49. The Morgan fingerprint density at radius 2 is 2.09 bits per heavy atom. The van der Waals surface area contributed by atoms with E-state index in [2.05, 4.69) is 42.3 Å². The van der Waals surface area contributed by atoms with Crippen molar-refractivity contribution in [1.29, 1.82) is 0 Å². The molecule has 0 aliphatic carbocycles. The molecule has 0 saturated heterocycles. The Morgan fingerprint density at radius 1 is 1.30 bits per heavy atom. The normalized spacial score (nSPS) is 10.4. The molecule has 120 valence electrons. The van der Waals surface area contributed by atoms with Crippen LogP contribution in [0.3, 0.4) is 0 Å². The van der Waals surface area contributed by atoms with Gasteiger partial charge < -0.3 is 0 Å². The summed E-state index contributed by atoms with van der Waals surface area (Å²) in [6.45, 7) is 11.5. The maximum absolute atomic E-state index is 4.43. The van der Waals surface area contributed by atoms with Gasteiger partial charge in [0.1, 0.15) is 0 Å². The van der Waals surface area contributed by atoms with Crippen molar-refractivity contribution in [2.24, 2.45) is 0 Å². The largest absolute Gasteiger partial charge is 0.288 e. The predicted molar refractivity (Wildman–Crippen MR) is 96.0 cm³/mol. The summed E-state index contributed by atoms with van der Waals surface area (Å²) in [5, 5.41) is 4.43. The van der Waals surface area contributed by atoms with Crippen molar-refractivity contribution in [3.05, 3.63) is 66.0 Å². The van der Waals surface area contributed by atoms with Crippen LogP contribution < -0.4 is 0 Å². The third-order valence-corrected chi connectivity index (χ3v) is 3.75. The van der Waals surface area contributed by atoms with E-state index in [9.17, 15) is 0 Å². The molecule has 3 nitrogen and oxygen atoms in total. The Labute approximate surface area is 139 Å². The highest BCUT2D eigenvalue weighted by molar-refractivity contribution is 5.33. The van der Waals surface area contributed by atoms with E-state index >= 15 is 0 Å². The SMILES string of the molecule is C=CCn1ncc(CN(CC#Cc2ccccc2)CCC)c1C. The van der Waals surface area contributed by atoms with Gasteiger partial charge in [0.15, 0.2) is 0 Å². The van der Waals surface area contributed by atoms with Gasteiger partial charge in [0.25, 0.3) is 0 Å². The fourth-order valence-corrected chi connectivity index (χ4v) is 2.49. The third kappa shape index (κ3) is 5.12. The second-order valence-electron chi connectivity index (χ2n) is 5.60. The van der Waals surface area contributed by atoms with E-state index in [1.165, 1.54) is 11.3 Å². The number of rotatable bonds is 7. The molecule has 0 fully saturated rings. The van der Waals surface area contributed by atoms with Crippen molar-refractivity contribution in [2.75, 3.05) is 13.1 Å². The highest BCUT2D eigenvalue weighted by Crippen LogP contribution is 2.11. The molecule has 1 aromatic heterocycles. The van der Waals surface area contributed by atoms with Crippen LogP contribution in [0.1, 0.15) is 30.2 Å². The molecule has 2 aromatic rings. The molecule has 0 aliphatic heterocycles. The maximum atomic E-state index is 4.43. The lowest BCUT2D eigenvalue weighted by molar-refractivity contribution is 0.299. The van der Waals surface area contributed by atoms with Gasteiger partial charge in [0.05, 0.1) is 19.3 Å². The molecular formula is C20H25N3. The molecular weight excluding hydrogens is 282 g/mol. The van der Waals surface area contributed by atoms with Gasteiger partial charge in [0.2, 0.25) is 0 Å². The van der Waals surface area contributed by atoms with Crippen molar-refractivity contribution in [3.8, 4) is 11.8 Å². The first-order valence-electron chi connectivity index (χ1n) is 8.13. The van der Waals surface area contributed by atoms with Crippen molar-refractivity contribution >= 4 is 0 Å². The van der Waals surface area contributed by atoms with E-state index in [1.54, 1.807) is 0 Å². The van der Waals surface area contributed by atoms with E-state index in [-0.39, 0.29) is 0 Å². The fraction of sp³-hybridized carbons (Fsp3) is 0.350. The molecule has 0 spiro atoms. The van der Waals surface area contributed by atoms with Gasteiger partial charge in [-0.2, -0.15) is 5.10 Å². The number of benzene rings is 1. The van der Waals surface area contributed by atoms with Crippen LogP contribution >= 0.6 is 0 Å². The van der Waals surface area contributed by atoms with Gasteiger partial charge >= 0.3 is 0 Å². The summed E-state index contributed by atoms with van der Waals surface area (Å²) in [6.07, 6.45) is 4.96. The van der Waals surface area contributed by atoms with Crippen LogP contribution in [0.5, 0.6) is 0 Å². The van der Waals surface area contributed by atoms with Gasteiger partial charge in [-0.05, 0) is 32.0 Å². The quantitative estimate of drug-likeness (QED) is 0.575. The second-order valence-corrected chi connectivity index (χ2v) is 5.60. The zero-order valence-electron chi connectivity index (χ0n) is 14.1. The zero-order chi connectivity index (χ0) is 16.5. The first-order valence-corrected chi connectivity index (χ1v) is 8.13. The molecule has 1 heterocycles. The van der Waals surface area contributed by atoms with E-state index in [1.807, 2.05) is 47.3 Å². The number of allylic oxidation sites excluding steroid dienone is 1. The summed E-state index contributed by atoms with van der Waals surface area (Å²) in [5.74, 6) is 6.52. The topological polar surface area (TPSA) is 21.1 Å². The Bertz CT molecular complexity index is 674. The molecule has 2 rings (SSSR count). The van der Waals surface area contributed by atoms with Crippen molar-refractivity contribution in [1.82, 2.24) is 14.7 Å². The molecule has 3 heteroatoms. The van der Waals surface area contributed by atoms with E-state index in [0.29, 0.717) is 0 Å². The van der Waals surface area contributed by atoms with Crippen LogP contribution in [-0.4, -0.2) is 27.8 Å². The highest BCUT2D eigenvalue weighted by Gasteiger charge is 2.09. The van der Waals surface area contributed by atoms with Gasteiger partial charge in [-0.1, -0.05) is 43.0 Å². The summed E-state index contributed by atoms with van der Waals surface area (Å²) >= 11 is 0. The van der Waals surface area contributed by atoms with Crippen LogP contribution in [0, 0.1) is 18.8 Å². The van der Waals surface area contributed by atoms with E-state index < -0.39 is 0 Å². The molecule has 0 atom stereocenters. The standard InChI is InChI=1S/C20H25N3/c1-4-13-22(15-9-12-19-10-7-6-8-11-19)17-20-16-21-23(14-5-2)18(20)3/h5-8,10-11,16H,2,4,13-15,17H2,1,3H3. The van der Waals surface area contributed by atoms with Crippen LogP contribution in [0.2, 0.25) is 0 Å². The number of aromatic nitrogens is 2. The minimum atomic E-state index is 0.757. The maximum Gasteiger partial charge on any atom is 0.0608 e. The number of nitrogens with zero attached hydrogens (tertiary/aromatic N) is 3. The lowest BCUT2D eigenvalue weighted by Crippen LogP contribution is -2.24. The number of hydrogen-bond acceptors (Lipinski definition) is 2. The molecule has 0 aliphatic rings. The summed E-state index contributed by atoms with van der Waals surface area (Å²) in [6, 6.07) is 10.1. The summed E-state index contributed by atoms with van der Waals surface area (Å²) in [7, 11) is 0. The molecule has 0 radical (unpaired) electrons. The monoisotopic (exact) mass is 307 g/mol. The summed E-state index contributed by atoms with van der Waals surface area (Å²) in [5.41, 5.74) is 3.54. The van der Waals surface area contributed by atoms with Gasteiger partial charge in [-0.25, -0.2) is 0 Å². The summed E-state index contributed by atoms with van der Waals surface area (Å²) < 4.78 is 1.99. The van der Waals surface area contributed by atoms with Crippen LogP contribution in [-0.2, 0) is 13.1 Å².